The van der Waals surface area contributed by atoms with Gasteiger partial charge in [0, 0.05) is 10.6 Å². The van der Waals surface area contributed by atoms with Crippen molar-refractivity contribution >= 4 is 35.0 Å². The molecule has 7 nitrogen and oxygen atoms in total. The summed E-state index contributed by atoms with van der Waals surface area (Å²) < 4.78 is 18.9. The van der Waals surface area contributed by atoms with Gasteiger partial charge in [-0.2, -0.15) is 0 Å². The van der Waals surface area contributed by atoms with E-state index in [-0.39, 0.29) is 12.2 Å². The van der Waals surface area contributed by atoms with Gasteiger partial charge in [-0.15, -0.1) is 0 Å². The van der Waals surface area contributed by atoms with Crippen molar-refractivity contribution in [3.8, 4) is 11.5 Å². The lowest BCUT2D eigenvalue weighted by Crippen LogP contribution is -2.40. The van der Waals surface area contributed by atoms with Crippen LogP contribution in [0.4, 0.5) is 0 Å². The number of fused-ring (bicyclic) bond motifs is 1. The Morgan fingerprint density at radius 1 is 1.07 bits per heavy atom. The number of rotatable bonds is 8. The third kappa shape index (κ3) is 5.33. The van der Waals surface area contributed by atoms with Crippen molar-refractivity contribution in [3.63, 3.8) is 0 Å². The van der Waals surface area contributed by atoms with Gasteiger partial charge in [-0.05, 0) is 41.8 Å². The Morgan fingerprint density at radius 2 is 1.85 bits per heavy atom. The number of ether oxygens (including phenoxy) is 3. The molecular weight excluding hydrogens is 548 g/mol. The maximum absolute atomic E-state index is 14.0. The van der Waals surface area contributed by atoms with Crippen LogP contribution in [-0.4, -0.2) is 24.8 Å². The van der Waals surface area contributed by atoms with Crippen LogP contribution in [-0.2, 0) is 16.1 Å². The highest BCUT2D eigenvalue weighted by molar-refractivity contribution is 7.07. The highest BCUT2D eigenvalue weighted by Gasteiger charge is 2.33. The van der Waals surface area contributed by atoms with Gasteiger partial charge in [0.05, 0.1) is 36.1 Å². The molecule has 1 atom stereocenters. The number of halogens is 1. The van der Waals surface area contributed by atoms with Crippen LogP contribution in [0.1, 0.15) is 36.1 Å². The molecule has 2 heterocycles. The number of carbonyl (C=O) groups excluding carboxylic acids is 1. The van der Waals surface area contributed by atoms with Crippen LogP contribution in [0.3, 0.4) is 0 Å². The Labute approximate surface area is 240 Å². The van der Waals surface area contributed by atoms with Crippen molar-refractivity contribution < 1.29 is 19.0 Å². The van der Waals surface area contributed by atoms with Gasteiger partial charge in [-0.25, -0.2) is 9.79 Å². The first kappa shape index (κ1) is 27.4. The zero-order valence-electron chi connectivity index (χ0n) is 22.2. The number of hydrogen-bond donors (Lipinski definition) is 0. The van der Waals surface area contributed by atoms with Crippen LogP contribution in [0.25, 0.3) is 6.08 Å². The van der Waals surface area contributed by atoms with Crippen molar-refractivity contribution in [1.82, 2.24) is 4.57 Å². The van der Waals surface area contributed by atoms with Gasteiger partial charge < -0.3 is 14.2 Å². The van der Waals surface area contributed by atoms with Crippen molar-refractivity contribution in [2.75, 3.05) is 14.2 Å². The molecule has 0 bridgehead atoms. The molecule has 3 aromatic carbocycles. The summed E-state index contributed by atoms with van der Waals surface area (Å²) in [5, 5.41) is 0.619. The van der Waals surface area contributed by atoms with E-state index in [1.54, 1.807) is 29.9 Å². The fourth-order valence-electron chi connectivity index (χ4n) is 4.70. The SMILES string of the molecule is CCC1=C(C(=O)OC)[C@@H](c2ccccc2)n2c(s/c(=C/c3cccc(OC)c3OCc3cccc(Cl)c3)c2=O)=N1. The molecule has 0 radical (unpaired) electrons. The lowest BCUT2D eigenvalue weighted by Gasteiger charge is -2.25. The molecule has 0 fully saturated rings. The second kappa shape index (κ2) is 11.9. The molecular formula is C31H27ClN2O5S. The van der Waals surface area contributed by atoms with E-state index in [4.69, 9.17) is 30.8 Å². The van der Waals surface area contributed by atoms with Crippen molar-refractivity contribution in [2.24, 2.45) is 4.99 Å². The molecule has 40 heavy (non-hydrogen) atoms. The summed E-state index contributed by atoms with van der Waals surface area (Å²) in [7, 11) is 2.91. The van der Waals surface area contributed by atoms with Crippen molar-refractivity contribution in [2.45, 2.75) is 26.0 Å². The Hall–Kier alpha value is -4.14. The van der Waals surface area contributed by atoms with E-state index in [1.165, 1.54) is 18.4 Å². The van der Waals surface area contributed by atoms with Gasteiger partial charge in [-0.3, -0.25) is 9.36 Å². The maximum atomic E-state index is 14.0. The first-order chi connectivity index (χ1) is 19.4. The van der Waals surface area contributed by atoms with E-state index in [0.29, 0.717) is 49.1 Å². The summed E-state index contributed by atoms with van der Waals surface area (Å²) in [6.07, 6.45) is 2.28. The number of benzene rings is 3. The first-order valence-electron chi connectivity index (χ1n) is 12.7. The van der Waals surface area contributed by atoms with Gasteiger partial charge in [-0.1, -0.05) is 84.5 Å². The Bertz CT molecular complexity index is 1780. The number of thiazole rings is 1. The van der Waals surface area contributed by atoms with E-state index in [9.17, 15) is 9.59 Å². The molecule has 204 valence electrons. The zero-order chi connectivity index (χ0) is 28.2. The molecule has 9 heteroatoms. The molecule has 0 saturated carbocycles. The van der Waals surface area contributed by atoms with Crippen LogP contribution in [0.2, 0.25) is 5.02 Å². The summed E-state index contributed by atoms with van der Waals surface area (Å²) in [4.78, 5) is 32.2. The highest BCUT2D eigenvalue weighted by atomic mass is 35.5. The Morgan fingerprint density at radius 3 is 2.55 bits per heavy atom. The Kier molecular flexibility index (Phi) is 8.19. The van der Waals surface area contributed by atoms with Crippen LogP contribution in [0.5, 0.6) is 11.5 Å². The molecule has 0 N–H and O–H groups in total. The number of para-hydroxylation sites is 1. The largest absolute Gasteiger partial charge is 0.493 e. The molecule has 5 rings (SSSR count). The van der Waals surface area contributed by atoms with E-state index < -0.39 is 12.0 Å². The molecule has 0 aliphatic carbocycles. The van der Waals surface area contributed by atoms with Crippen molar-refractivity contribution in [1.29, 1.82) is 0 Å². The molecule has 0 unspecified atom stereocenters. The fourth-order valence-corrected chi connectivity index (χ4v) is 5.92. The fraction of sp³-hybridized carbons (Fsp3) is 0.194. The van der Waals surface area contributed by atoms with E-state index in [2.05, 4.69) is 0 Å². The number of esters is 1. The number of aromatic nitrogens is 1. The minimum absolute atomic E-state index is 0.263. The highest BCUT2D eigenvalue weighted by Crippen LogP contribution is 2.33. The van der Waals surface area contributed by atoms with E-state index in [0.717, 1.165) is 11.1 Å². The van der Waals surface area contributed by atoms with E-state index in [1.807, 2.05) is 67.6 Å². The van der Waals surface area contributed by atoms with Crippen LogP contribution >= 0.6 is 22.9 Å². The minimum Gasteiger partial charge on any atom is -0.493 e. The van der Waals surface area contributed by atoms with Gasteiger partial charge in [0.2, 0.25) is 0 Å². The minimum atomic E-state index is -0.661. The van der Waals surface area contributed by atoms with Crippen molar-refractivity contribution in [3.05, 3.63) is 125 Å². The molecule has 1 aromatic heterocycles. The number of hydrogen-bond acceptors (Lipinski definition) is 7. The van der Waals surface area contributed by atoms with Crippen LogP contribution in [0, 0.1) is 0 Å². The molecule has 4 aromatic rings. The first-order valence-corrected chi connectivity index (χ1v) is 13.9. The van der Waals surface area contributed by atoms with E-state index >= 15 is 0 Å². The summed E-state index contributed by atoms with van der Waals surface area (Å²) in [5.41, 5.74) is 3.06. The summed E-state index contributed by atoms with van der Waals surface area (Å²) in [6, 6.07) is 21.7. The monoisotopic (exact) mass is 574 g/mol. The molecule has 0 amide bonds. The maximum Gasteiger partial charge on any atom is 0.338 e. The second-order valence-electron chi connectivity index (χ2n) is 9.00. The normalized spacial score (nSPS) is 14.9. The topological polar surface area (TPSA) is 79.1 Å². The predicted octanol–water partition coefficient (Wildman–Crippen LogP) is 5.04. The number of carbonyl (C=O) groups is 1. The number of nitrogens with zero attached hydrogens (tertiary/aromatic N) is 2. The average molecular weight is 575 g/mol. The second-order valence-corrected chi connectivity index (χ2v) is 10.4. The van der Waals surface area contributed by atoms with Crippen LogP contribution < -0.4 is 24.4 Å². The summed E-state index contributed by atoms with van der Waals surface area (Å²) in [5.74, 6) is 0.528. The third-order valence-electron chi connectivity index (χ3n) is 6.55. The predicted molar refractivity (Wildman–Crippen MR) is 156 cm³/mol. The summed E-state index contributed by atoms with van der Waals surface area (Å²) in [6.45, 7) is 2.19. The Balaban J connectivity index is 1.65. The van der Waals surface area contributed by atoms with Gasteiger partial charge in [0.25, 0.3) is 5.56 Å². The molecule has 1 aliphatic rings. The van der Waals surface area contributed by atoms with Gasteiger partial charge in [0.15, 0.2) is 16.3 Å². The third-order valence-corrected chi connectivity index (χ3v) is 7.77. The quantitative estimate of drug-likeness (QED) is 0.276. The lowest BCUT2D eigenvalue weighted by molar-refractivity contribution is -0.136. The molecule has 0 saturated heterocycles. The van der Waals surface area contributed by atoms with Gasteiger partial charge >= 0.3 is 5.97 Å². The zero-order valence-corrected chi connectivity index (χ0v) is 23.8. The van der Waals surface area contributed by atoms with Crippen LogP contribution in [0.15, 0.2) is 93.9 Å². The number of methoxy groups -OCH3 is 2. The van der Waals surface area contributed by atoms with Gasteiger partial charge in [0.1, 0.15) is 6.61 Å². The summed E-state index contributed by atoms with van der Waals surface area (Å²) >= 11 is 7.41. The lowest BCUT2D eigenvalue weighted by atomic mass is 9.95. The average Bonchev–Trinajstić information content (AvgIpc) is 3.29. The smallest absolute Gasteiger partial charge is 0.338 e. The number of allylic oxidation sites excluding steroid dienone is 1. The molecule has 0 spiro atoms. The molecule has 1 aliphatic heterocycles. The standard InChI is InChI=1S/C31H27ClN2O5S/c1-4-23-26(30(36)38-3)27(20-11-6-5-7-12-20)34-29(35)25(40-31(34)33-23)17-21-13-9-15-24(37-2)28(21)39-18-19-10-8-14-22(32)16-19/h5-17,27H,4,18H2,1-3H3/b25-17+/t27-/m1/s1.